The standard InChI is InChI=1S/C19H21FN2O3/c20-17-9-2-1-5-13(17)12-25-19-16(8-4-10-21-19)18(24)22-14-6-3-7-15(23)11-14/h1-2,4-5,8-10,14-15,23H,3,6-7,11-12H2,(H,22,24)/t14-,15-/m0/s1. The van der Waals surface area contributed by atoms with Gasteiger partial charge in [-0.05, 0) is 43.9 Å². The molecule has 0 spiro atoms. The molecule has 3 rings (SSSR count). The summed E-state index contributed by atoms with van der Waals surface area (Å²) in [7, 11) is 0. The van der Waals surface area contributed by atoms with Crippen LogP contribution in [0.1, 0.15) is 41.6 Å². The van der Waals surface area contributed by atoms with Crippen LogP contribution in [0.25, 0.3) is 0 Å². The summed E-state index contributed by atoms with van der Waals surface area (Å²) in [4.78, 5) is 16.6. The third-order valence-corrected chi connectivity index (χ3v) is 4.32. The van der Waals surface area contributed by atoms with Crippen molar-refractivity contribution in [2.45, 2.75) is 44.4 Å². The minimum Gasteiger partial charge on any atom is -0.472 e. The Morgan fingerprint density at radius 1 is 1.28 bits per heavy atom. The molecule has 1 aromatic heterocycles. The summed E-state index contributed by atoms with van der Waals surface area (Å²) < 4.78 is 19.3. The Labute approximate surface area is 145 Å². The van der Waals surface area contributed by atoms with Crippen molar-refractivity contribution in [3.8, 4) is 5.88 Å². The second-order valence-corrected chi connectivity index (χ2v) is 6.23. The van der Waals surface area contributed by atoms with Crippen LogP contribution < -0.4 is 10.1 Å². The lowest BCUT2D eigenvalue weighted by Gasteiger charge is -2.26. The highest BCUT2D eigenvalue weighted by Gasteiger charge is 2.23. The predicted octanol–water partition coefficient (Wildman–Crippen LogP) is 2.83. The summed E-state index contributed by atoms with van der Waals surface area (Å²) >= 11 is 0. The van der Waals surface area contributed by atoms with E-state index in [9.17, 15) is 14.3 Å². The summed E-state index contributed by atoms with van der Waals surface area (Å²) in [5.74, 6) is -0.490. The smallest absolute Gasteiger partial charge is 0.256 e. The molecule has 25 heavy (non-hydrogen) atoms. The van der Waals surface area contributed by atoms with Gasteiger partial charge in [0.05, 0.1) is 6.10 Å². The highest BCUT2D eigenvalue weighted by atomic mass is 19.1. The Morgan fingerprint density at radius 2 is 2.12 bits per heavy atom. The lowest BCUT2D eigenvalue weighted by Crippen LogP contribution is -2.39. The molecule has 132 valence electrons. The first kappa shape index (κ1) is 17.4. The first-order valence-corrected chi connectivity index (χ1v) is 8.43. The average molecular weight is 344 g/mol. The Bertz CT molecular complexity index is 738. The van der Waals surface area contributed by atoms with Gasteiger partial charge in [0.15, 0.2) is 0 Å². The van der Waals surface area contributed by atoms with E-state index in [-0.39, 0.29) is 36.4 Å². The number of nitrogens with one attached hydrogen (secondary N) is 1. The fraction of sp³-hybridized carbons (Fsp3) is 0.368. The van der Waals surface area contributed by atoms with Crippen molar-refractivity contribution in [1.82, 2.24) is 10.3 Å². The molecule has 5 nitrogen and oxygen atoms in total. The van der Waals surface area contributed by atoms with E-state index in [4.69, 9.17) is 4.74 Å². The normalized spacial score (nSPS) is 20.1. The molecule has 6 heteroatoms. The van der Waals surface area contributed by atoms with Gasteiger partial charge in [-0.3, -0.25) is 4.79 Å². The zero-order valence-corrected chi connectivity index (χ0v) is 13.8. The third-order valence-electron chi connectivity index (χ3n) is 4.32. The summed E-state index contributed by atoms with van der Waals surface area (Å²) in [6.45, 7) is -0.00783. The Balaban J connectivity index is 1.67. The van der Waals surface area contributed by atoms with E-state index in [0.29, 0.717) is 17.5 Å². The summed E-state index contributed by atoms with van der Waals surface area (Å²) in [5.41, 5.74) is 0.703. The minimum absolute atomic E-state index is 0.00783. The number of halogens is 1. The van der Waals surface area contributed by atoms with Crippen LogP contribution in [-0.2, 0) is 6.61 Å². The van der Waals surface area contributed by atoms with E-state index in [0.717, 1.165) is 19.3 Å². The number of pyridine rings is 1. The number of carbonyl (C=O) groups is 1. The van der Waals surface area contributed by atoms with Crippen molar-refractivity contribution in [2.24, 2.45) is 0 Å². The number of aliphatic hydroxyl groups excluding tert-OH is 1. The molecule has 2 N–H and O–H groups in total. The maximum Gasteiger partial charge on any atom is 0.256 e. The molecular weight excluding hydrogens is 323 g/mol. The topological polar surface area (TPSA) is 71.5 Å². The average Bonchev–Trinajstić information content (AvgIpc) is 2.61. The second-order valence-electron chi connectivity index (χ2n) is 6.23. The first-order valence-electron chi connectivity index (χ1n) is 8.43. The number of rotatable bonds is 5. The number of nitrogens with zero attached hydrogens (tertiary/aromatic N) is 1. The third kappa shape index (κ3) is 4.54. The van der Waals surface area contributed by atoms with Crippen LogP contribution in [0.15, 0.2) is 42.6 Å². The molecule has 0 saturated heterocycles. The molecular formula is C19H21FN2O3. The van der Waals surface area contributed by atoms with Crippen LogP contribution in [0.3, 0.4) is 0 Å². The molecule has 1 saturated carbocycles. The van der Waals surface area contributed by atoms with Gasteiger partial charge in [0.25, 0.3) is 5.91 Å². The number of amides is 1. The van der Waals surface area contributed by atoms with Gasteiger partial charge in [-0.25, -0.2) is 9.37 Å². The van der Waals surface area contributed by atoms with E-state index in [1.165, 1.54) is 12.3 Å². The predicted molar refractivity (Wildman–Crippen MR) is 90.7 cm³/mol. The highest BCUT2D eigenvalue weighted by molar-refractivity contribution is 5.96. The van der Waals surface area contributed by atoms with E-state index in [1.54, 1.807) is 30.3 Å². The van der Waals surface area contributed by atoms with Crippen LogP contribution in [0.5, 0.6) is 5.88 Å². The molecule has 1 amide bonds. The molecule has 2 aromatic rings. The lowest BCUT2D eigenvalue weighted by molar-refractivity contribution is 0.0845. The molecule has 0 aliphatic heterocycles. The fourth-order valence-corrected chi connectivity index (χ4v) is 3.00. The van der Waals surface area contributed by atoms with Gasteiger partial charge >= 0.3 is 0 Å². The monoisotopic (exact) mass is 344 g/mol. The minimum atomic E-state index is -0.371. The quantitative estimate of drug-likeness (QED) is 0.875. The molecule has 1 aromatic carbocycles. The molecule has 0 radical (unpaired) electrons. The van der Waals surface area contributed by atoms with Crippen molar-refractivity contribution in [3.05, 3.63) is 59.5 Å². The Hall–Kier alpha value is -2.47. The summed E-state index contributed by atoms with van der Waals surface area (Å²) in [5, 5.41) is 12.7. The van der Waals surface area contributed by atoms with Gasteiger partial charge in [0, 0.05) is 17.8 Å². The zero-order valence-electron chi connectivity index (χ0n) is 13.8. The number of aliphatic hydroxyl groups is 1. The van der Waals surface area contributed by atoms with E-state index in [1.807, 2.05) is 0 Å². The maximum atomic E-state index is 13.7. The van der Waals surface area contributed by atoms with Crippen LogP contribution >= 0.6 is 0 Å². The maximum absolute atomic E-state index is 13.7. The largest absolute Gasteiger partial charge is 0.472 e. The molecule has 1 heterocycles. The number of benzene rings is 1. The molecule has 0 unspecified atom stereocenters. The van der Waals surface area contributed by atoms with Gasteiger partial charge < -0.3 is 15.2 Å². The van der Waals surface area contributed by atoms with Gasteiger partial charge in [-0.15, -0.1) is 0 Å². The molecule has 2 atom stereocenters. The molecule has 1 aliphatic carbocycles. The van der Waals surface area contributed by atoms with Crippen LogP contribution in [0.4, 0.5) is 4.39 Å². The molecule has 1 aliphatic rings. The van der Waals surface area contributed by atoms with Gasteiger partial charge in [0.2, 0.25) is 5.88 Å². The van der Waals surface area contributed by atoms with E-state index < -0.39 is 0 Å². The van der Waals surface area contributed by atoms with Gasteiger partial charge in [-0.2, -0.15) is 0 Å². The van der Waals surface area contributed by atoms with Crippen LogP contribution in [0, 0.1) is 5.82 Å². The van der Waals surface area contributed by atoms with Gasteiger partial charge in [-0.1, -0.05) is 18.2 Å². The van der Waals surface area contributed by atoms with Crippen molar-refractivity contribution in [2.75, 3.05) is 0 Å². The van der Waals surface area contributed by atoms with Gasteiger partial charge in [0.1, 0.15) is 18.0 Å². The van der Waals surface area contributed by atoms with E-state index in [2.05, 4.69) is 10.3 Å². The summed E-state index contributed by atoms with van der Waals surface area (Å²) in [6, 6.07) is 9.54. The molecule has 1 fully saturated rings. The second kappa shape index (κ2) is 8.07. The van der Waals surface area contributed by atoms with Crippen molar-refractivity contribution >= 4 is 5.91 Å². The Kier molecular flexibility index (Phi) is 5.60. The number of ether oxygens (including phenoxy) is 1. The zero-order chi connectivity index (χ0) is 17.6. The summed E-state index contributed by atoms with van der Waals surface area (Å²) in [6.07, 6.45) is 4.21. The van der Waals surface area contributed by atoms with E-state index >= 15 is 0 Å². The van der Waals surface area contributed by atoms with Crippen LogP contribution in [0.2, 0.25) is 0 Å². The SMILES string of the molecule is O=C(N[C@H]1CCC[C@H](O)C1)c1cccnc1OCc1ccccc1F. The Morgan fingerprint density at radius 3 is 2.92 bits per heavy atom. The number of aromatic nitrogens is 1. The van der Waals surface area contributed by atoms with Crippen molar-refractivity contribution < 1.29 is 19.0 Å². The molecule has 0 bridgehead atoms. The van der Waals surface area contributed by atoms with Crippen LogP contribution in [-0.4, -0.2) is 28.1 Å². The number of hydrogen-bond donors (Lipinski definition) is 2. The fourth-order valence-electron chi connectivity index (χ4n) is 3.00. The first-order chi connectivity index (χ1) is 12.1. The van der Waals surface area contributed by atoms with Crippen molar-refractivity contribution in [1.29, 1.82) is 0 Å². The lowest BCUT2D eigenvalue weighted by atomic mass is 9.93. The highest BCUT2D eigenvalue weighted by Crippen LogP contribution is 2.21. The van der Waals surface area contributed by atoms with Crippen molar-refractivity contribution in [3.63, 3.8) is 0 Å². The number of hydrogen-bond acceptors (Lipinski definition) is 4. The number of carbonyl (C=O) groups excluding carboxylic acids is 1.